The number of carbonyl (C=O) groups excluding carboxylic acids is 2. The highest BCUT2D eigenvalue weighted by molar-refractivity contribution is 6.02. The van der Waals surface area contributed by atoms with Gasteiger partial charge in [0.15, 0.2) is 6.10 Å². The Morgan fingerprint density at radius 3 is 2.78 bits per heavy atom. The Kier molecular flexibility index (Phi) is 4.02. The molecule has 0 aliphatic carbocycles. The molecule has 0 spiro atoms. The number of fused-ring (bicyclic) bond motifs is 1. The van der Waals surface area contributed by atoms with Gasteiger partial charge in [-0.1, -0.05) is 29.8 Å². The molecule has 0 saturated carbocycles. The standard InChI is InChI=1S/C18H18N2O3/c1-11-7-8-13(12(2)9-11)19-17(21)10-16-18(22)20-14-5-3-4-6-15(14)23-16/h3-9,16H,10H2,1-2H3,(H,19,21)(H,20,22)/t16-/m0/s1. The van der Waals surface area contributed by atoms with Crippen LogP contribution in [0.2, 0.25) is 0 Å². The summed E-state index contributed by atoms with van der Waals surface area (Å²) in [6.07, 6.45) is -0.858. The Balaban J connectivity index is 1.67. The summed E-state index contributed by atoms with van der Waals surface area (Å²) in [5, 5.41) is 5.58. The predicted molar refractivity (Wildman–Crippen MR) is 88.7 cm³/mol. The van der Waals surface area contributed by atoms with Gasteiger partial charge >= 0.3 is 0 Å². The molecule has 0 radical (unpaired) electrons. The number of aryl methyl sites for hydroxylation is 2. The normalized spacial score (nSPS) is 16.1. The number of anilines is 2. The van der Waals surface area contributed by atoms with Crippen LogP contribution in [0.15, 0.2) is 42.5 Å². The van der Waals surface area contributed by atoms with Crippen molar-refractivity contribution in [3.05, 3.63) is 53.6 Å². The molecule has 2 amide bonds. The first-order valence-corrected chi connectivity index (χ1v) is 7.46. The van der Waals surface area contributed by atoms with Gasteiger partial charge in [-0.3, -0.25) is 9.59 Å². The zero-order valence-electron chi connectivity index (χ0n) is 13.1. The van der Waals surface area contributed by atoms with E-state index >= 15 is 0 Å². The third-order valence-electron chi connectivity index (χ3n) is 3.73. The Labute approximate surface area is 134 Å². The Morgan fingerprint density at radius 2 is 2.00 bits per heavy atom. The van der Waals surface area contributed by atoms with Crippen LogP contribution >= 0.6 is 0 Å². The summed E-state index contributed by atoms with van der Waals surface area (Å²) >= 11 is 0. The number of hydrogen-bond acceptors (Lipinski definition) is 3. The highest BCUT2D eigenvalue weighted by Gasteiger charge is 2.29. The van der Waals surface area contributed by atoms with Gasteiger partial charge in [-0.05, 0) is 37.6 Å². The van der Waals surface area contributed by atoms with Gasteiger partial charge in [0.05, 0.1) is 12.1 Å². The second-order valence-corrected chi connectivity index (χ2v) is 5.66. The molecule has 1 aliphatic rings. The molecule has 3 rings (SSSR count). The molecule has 0 unspecified atom stereocenters. The van der Waals surface area contributed by atoms with Gasteiger partial charge in [0.1, 0.15) is 5.75 Å². The molecule has 1 atom stereocenters. The SMILES string of the molecule is Cc1ccc(NC(=O)C[C@@H]2Oc3ccccc3NC2=O)c(C)c1. The van der Waals surface area contributed by atoms with Crippen molar-refractivity contribution in [1.82, 2.24) is 0 Å². The van der Waals surface area contributed by atoms with E-state index in [1.807, 2.05) is 44.2 Å². The highest BCUT2D eigenvalue weighted by atomic mass is 16.5. The van der Waals surface area contributed by atoms with Crippen LogP contribution in [0.1, 0.15) is 17.5 Å². The zero-order valence-corrected chi connectivity index (χ0v) is 13.1. The van der Waals surface area contributed by atoms with Crippen LogP contribution in [0.25, 0.3) is 0 Å². The number of amides is 2. The lowest BCUT2D eigenvalue weighted by molar-refractivity contribution is -0.128. The molecule has 0 fully saturated rings. The van der Waals surface area contributed by atoms with Crippen molar-refractivity contribution in [1.29, 1.82) is 0 Å². The van der Waals surface area contributed by atoms with Gasteiger partial charge in [0, 0.05) is 5.69 Å². The van der Waals surface area contributed by atoms with Crippen molar-refractivity contribution in [3.63, 3.8) is 0 Å². The molecule has 0 saturated heterocycles. The van der Waals surface area contributed by atoms with Crippen molar-refractivity contribution in [2.24, 2.45) is 0 Å². The maximum absolute atomic E-state index is 12.2. The summed E-state index contributed by atoms with van der Waals surface area (Å²) in [5.74, 6) is 0.0207. The van der Waals surface area contributed by atoms with Gasteiger partial charge in [0.25, 0.3) is 5.91 Å². The van der Waals surface area contributed by atoms with E-state index in [4.69, 9.17) is 4.74 Å². The summed E-state index contributed by atoms with van der Waals surface area (Å²) in [6.45, 7) is 3.93. The average molecular weight is 310 g/mol. The van der Waals surface area contributed by atoms with Gasteiger partial charge in [-0.25, -0.2) is 0 Å². The molecule has 5 nitrogen and oxygen atoms in total. The van der Waals surface area contributed by atoms with E-state index in [0.717, 1.165) is 16.8 Å². The van der Waals surface area contributed by atoms with Crippen molar-refractivity contribution >= 4 is 23.2 Å². The van der Waals surface area contributed by atoms with Crippen LogP contribution in [-0.2, 0) is 9.59 Å². The van der Waals surface area contributed by atoms with E-state index in [9.17, 15) is 9.59 Å². The topological polar surface area (TPSA) is 67.4 Å². The lowest BCUT2D eigenvalue weighted by Gasteiger charge is -2.25. The van der Waals surface area contributed by atoms with Crippen molar-refractivity contribution in [2.75, 3.05) is 10.6 Å². The number of rotatable bonds is 3. The number of nitrogens with one attached hydrogen (secondary N) is 2. The largest absolute Gasteiger partial charge is 0.478 e. The second kappa shape index (κ2) is 6.12. The van der Waals surface area contributed by atoms with Gasteiger partial charge in [0.2, 0.25) is 5.91 Å². The minimum absolute atomic E-state index is 0.0342. The van der Waals surface area contributed by atoms with E-state index in [0.29, 0.717) is 11.4 Å². The molecule has 0 aromatic heterocycles. The summed E-state index contributed by atoms with van der Waals surface area (Å²) in [6, 6.07) is 13.0. The quantitative estimate of drug-likeness (QED) is 0.915. The number of para-hydroxylation sites is 2. The Morgan fingerprint density at radius 1 is 1.22 bits per heavy atom. The fourth-order valence-corrected chi connectivity index (χ4v) is 2.55. The molecule has 1 heterocycles. The van der Waals surface area contributed by atoms with Crippen LogP contribution < -0.4 is 15.4 Å². The summed E-state index contributed by atoms with van der Waals surface area (Å²) < 4.78 is 5.63. The zero-order chi connectivity index (χ0) is 16.4. The van der Waals surface area contributed by atoms with Crippen molar-refractivity contribution in [2.45, 2.75) is 26.4 Å². The van der Waals surface area contributed by atoms with Crippen LogP contribution in [0, 0.1) is 13.8 Å². The lowest BCUT2D eigenvalue weighted by atomic mass is 10.1. The van der Waals surface area contributed by atoms with E-state index in [1.165, 1.54) is 0 Å². The molecular weight excluding hydrogens is 292 g/mol. The molecule has 118 valence electrons. The smallest absolute Gasteiger partial charge is 0.266 e. The number of ether oxygens (including phenoxy) is 1. The van der Waals surface area contributed by atoms with Gasteiger partial charge in [-0.2, -0.15) is 0 Å². The van der Waals surface area contributed by atoms with Crippen molar-refractivity contribution < 1.29 is 14.3 Å². The number of benzene rings is 2. The first-order valence-electron chi connectivity index (χ1n) is 7.46. The minimum atomic E-state index is -0.823. The number of carbonyl (C=O) groups is 2. The highest BCUT2D eigenvalue weighted by Crippen LogP contribution is 2.29. The first-order chi connectivity index (χ1) is 11.0. The Bertz CT molecular complexity index is 771. The van der Waals surface area contributed by atoms with Gasteiger partial charge in [-0.15, -0.1) is 0 Å². The fourth-order valence-electron chi connectivity index (χ4n) is 2.55. The van der Waals surface area contributed by atoms with Crippen LogP contribution in [0.4, 0.5) is 11.4 Å². The first kappa shape index (κ1) is 15.1. The average Bonchev–Trinajstić information content (AvgIpc) is 2.51. The molecule has 2 N–H and O–H groups in total. The van der Waals surface area contributed by atoms with Crippen LogP contribution in [0.3, 0.4) is 0 Å². The second-order valence-electron chi connectivity index (χ2n) is 5.66. The maximum atomic E-state index is 12.2. The monoisotopic (exact) mass is 310 g/mol. The summed E-state index contributed by atoms with van der Waals surface area (Å²) in [5.41, 5.74) is 3.49. The van der Waals surface area contributed by atoms with Crippen LogP contribution in [-0.4, -0.2) is 17.9 Å². The fraction of sp³-hybridized carbons (Fsp3) is 0.222. The third kappa shape index (κ3) is 3.34. The molecule has 23 heavy (non-hydrogen) atoms. The van der Waals surface area contributed by atoms with E-state index in [1.54, 1.807) is 12.1 Å². The lowest BCUT2D eigenvalue weighted by Crippen LogP contribution is -2.39. The minimum Gasteiger partial charge on any atom is -0.478 e. The van der Waals surface area contributed by atoms with Crippen molar-refractivity contribution in [3.8, 4) is 5.75 Å². The molecule has 1 aliphatic heterocycles. The van der Waals surface area contributed by atoms with E-state index in [2.05, 4.69) is 10.6 Å². The van der Waals surface area contributed by atoms with Gasteiger partial charge < -0.3 is 15.4 Å². The van der Waals surface area contributed by atoms with E-state index < -0.39 is 6.10 Å². The molecule has 2 aromatic carbocycles. The molecule has 5 heteroatoms. The predicted octanol–water partition coefficient (Wildman–Crippen LogP) is 3.03. The number of hydrogen-bond donors (Lipinski definition) is 2. The molecular formula is C18H18N2O3. The maximum Gasteiger partial charge on any atom is 0.266 e. The third-order valence-corrected chi connectivity index (χ3v) is 3.73. The Hall–Kier alpha value is -2.82. The molecule has 0 bridgehead atoms. The van der Waals surface area contributed by atoms with Crippen LogP contribution in [0.5, 0.6) is 5.75 Å². The van der Waals surface area contributed by atoms with E-state index in [-0.39, 0.29) is 18.2 Å². The summed E-state index contributed by atoms with van der Waals surface area (Å²) in [7, 11) is 0. The summed E-state index contributed by atoms with van der Waals surface area (Å²) in [4.78, 5) is 24.2. The molecule has 2 aromatic rings.